The zero-order chi connectivity index (χ0) is 15.2. The van der Waals surface area contributed by atoms with Crippen molar-refractivity contribution in [3.8, 4) is 0 Å². The molecular weight excluding hydrogens is 268 g/mol. The number of hydrogen-bond acceptors (Lipinski definition) is 7. The lowest BCUT2D eigenvalue weighted by molar-refractivity contribution is 0.501. The molecular formula is C14H22N6O. The second-order valence-corrected chi connectivity index (χ2v) is 4.78. The fourth-order valence-electron chi connectivity index (χ4n) is 1.85. The molecule has 0 spiro atoms. The highest BCUT2D eigenvalue weighted by atomic mass is 16.3. The Morgan fingerprint density at radius 1 is 1.14 bits per heavy atom. The topological polar surface area (TPSA) is 70.3 Å². The molecule has 0 atom stereocenters. The Hall–Kier alpha value is -2.31. The summed E-state index contributed by atoms with van der Waals surface area (Å²) < 4.78 is 5.40. The predicted octanol–water partition coefficient (Wildman–Crippen LogP) is 1.99. The van der Waals surface area contributed by atoms with Crippen LogP contribution >= 0.6 is 0 Å². The minimum Gasteiger partial charge on any atom is -0.467 e. The maximum absolute atomic E-state index is 5.40. The average molecular weight is 290 g/mol. The molecule has 0 bridgehead atoms. The van der Waals surface area contributed by atoms with E-state index < -0.39 is 0 Å². The van der Waals surface area contributed by atoms with Gasteiger partial charge in [-0.2, -0.15) is 15.0 Å². The average Bonchev–Trinajstić information content (AvgIpc) is 2.97. The van der Waals surface area contributed by atoms with Crippen LogP contribution in [0.15, 0.2) is 22.8 Å². The Morgan fingerprint density at radius 3 is 2.48 bits per heavy atom. The van der Waals surface area contributed by atoms with Gasteiger partial charge < -0.3 is 19.5 Å². The van der Waals surface area contributed by atoms with Crippen molar-refractivity contribution < 1.29 is 4.42 Å². The molecule has 0 amide bonds. The third kappa shape index (κ3) is 3.84. The Bertz CT molecular complexity index is 555. The van der Waals surface area contributed by atoms with Crippen LogP contribution in [0.5, 0.6) is 0 Å². The van der Waals surface area contributed by atoms with Crippen LogP contribution in [0.2, 0.25) is 0 Å². The first-order valence-corrected chi connectivity index (χ1v) is 7.08. The smallest absolute Gasteiger partial charge is 0.232 e. The van der Waals surface area contributed by atoms with Gasteiger partial charge in [0.25, 0.3) is 0 Å². The number of furan rings is 1. The second-order valence-electron chi connectivity index (χ2n) is 4.78. The molecule has 0 aliphatic rings. The lowest BCUT2D eigenvalue weighted by Gasteiger charge is -2.21. The van der Waals surface area contributed by atoms with Crippen molar-refractivity contribution in [3.05, 3.63) is 24.2 Å². The number of rotatable bonds is 7. The van der Waals surface area contributed by atoms with Gasteiger partial charge in [0.1, 0.15) is 5.76 Å². The summed E-state index contributed by atoms with van der Waals surface area (Å²) in [5, 5.41) is 3.14. The Balaban J connectivity index is 2.30. The Kier molecular flexibility index (Phi) is 4.97. The number of nitrogens with zero attached hydrogens (tertiary/aromatic N) is 5. The van der Waals surface area contributed by atoms with Crippen molar-refractivity contribution in [2.75, 3.05) is 42.3 Å². The van der Waals surface area contributed by atoms with Crippen LogP contribution in [0.3, 0.4) is 0 Å². The molecule has 1 N–H and O–H groups in total. The maximum atomic E-state index is 5.40. The number of anilines is 3. The molecule has 0 unspecified atom stereocenters. The van der Waals surface area contributed by atoms with Crippen LogP contribution in [-0.4, -0.2) is 42.1 Å². The highest BCUT2D eigenvalue weighted by Gasteiger charge is 2.14. The first kappa shape index (κ1) is 15.1. The van der Waals surface area contributed by atoms with E-state index in [9.17, 15) is 0 Å². The molecule has 0 fully saturated rings. The van der Waals surface area contributed by atoms with Gasteiger partial charge in [-0.25, -0.2) is 0 Å². The first-order chi connectivity index (χ1) is 10.1. The predicted molar refractivity (Wildman–Crippen MR) is 83.7 cm³/mol. The van der Waals surface area contributed by atoms with Crippen molar-refractivity contribution >= 4 is 17.8 Å². The van der Waals surface area contributed by atoms with Crippen LogP contribution < -0.4 is 15.1 Å². The number of nitrogens with one attached hydrogen (secondary N) is 1. The molecule has 0 saturated carbocycles. The third-order valence-electron chi connectivity index (χ3n) is 2.94. The summed E-state index contributed by atoms with van der Waals surface area (Å²) in [6.07, 6.45) is 1.67. The van der Waals surface area contributed by atoms with Crippen molar-refractivity contribution in [1.82, 2.24) is 15.0 Å². The van der Waals surface area contributed by atoms with Crippen molar-refractivity contribution in [1.29, 1.82) is 0 Å². The van der Waals surface area contributed by atoms with E-state index in [1.165, 1.54) is 0 Å². The maximum Gasteiger partial charge on any atom is 0.232 e. The zero-order valence-corrected chi connectivity index (χ0v) is 13.0. The summed E-state index contributed by atoms with van der Waals surface area (Å²) in [7, 11) is 3.83. The largest absolute Gasteiger partial charge is 0.467 e. The first-order valence-electron chi connectivity index (χ1n) is 7.08. The monoisotopic (exact) mass is 290 g/mol. The van der Waals surface area contributed by atoms with Gasteiger partial charge in [0, 0.05) is 27.2 Å². The summed E-state index contributed by atoms with van der Waals surface area (Å²) in [6.45, 7) is 6.25. The lowest BCUT2D eigenvalue weighted by atomic mass is 10.4. The number of hydrogen-bond donors (Lipinski definition) is 1. The van der Waals surface area contributed by atoms with Crippen LogP contribution in [-0.2, 0) is 6.54 Å². The molecule has 7 heteroatoms. The van der Waals surface area contributed by atoms with E-state index in [0.717, 1.165) is 18.8 Å². The van der Waals surface area contributed by atoms with E-state index in [0.29, 0.717) is 24.4 Å². The van der Waals surface area contributed by atoms with Gasteiger partial charge in [0.05, 0.1) is 12.8 Å². The Labute approximate surface area is 125 Å². The summed E-state index contributed by atoms with van der Waals surface area (Å²) in [4.78, 5) is 17.3. The van der Waals surface area contributed by atoms with Crippen molar-refractivity contribution in [3.63, 3.8) is 0 Å². The summed E-state index contributed by atoms with van der Waals surface area (Å²) in [6, 6.07) is 3.83. The normalized spacial score (nSPS) is 10.5. The lowest BCUT2D eigenvalue weighted by Crippen LogP contribution is -2.26. The highest BCUT2D eigenvalue weighted by Crippen LogP contribution is 2.17. The van der Waals surface area contributed by atoms with E-state index in [1.807, 2.05) is 43.0 Å². The molecule has 0 saturated heterocycles. The van der Waals surface area contributed by atoms with Gasteiger partial charge in [-0.3, -0.25) is 0 Å². The fraction of sp³-hybridized carbons (Fsp3) is 0.500. The Morgan fingerprint density at radius 2 is 1.90 bits per heavy atom. The minimum atomic E-state index is 0.587. The molecule has 0 radical (unpaired) electrons. The molecule has 0 aliphatic heterocycles. The van der Waals surface area contributed by atoms with Gasteiger partial charge >= 0.3 is 0 Å². The number of aromatic nitrogens is 3. The molecule has 7 nitrogen and oxygen atoms in total. The molecule has 0 aromatic carbocycles. The molecule has 21 heavy (non-hydrogen) atoms. The van der Waals surface area contributed by atoms with E-state index in [1.54, 1.807) is 6.26 Å². The second kappa shape index (κ2) is 6.92. The molecule has 2 aromatic rings. The van der Waals surface area contributed by atoms with Crippen molar-refractivity contribution in [2.24, 2.45) is 0 Å². The standard InChI is InChI=1S/C14H22N6O/c1-5-15-12-16-13(19(3)4)18-14(17-12)20(6-2)10-11-8-7-9-21-11/h7-9H,5-6,10H2,1-4H3,(H,15,16,17,18). The van der Waals surface area contributed by atoms with E-state index in [4.69, 9.17) is 4.42 Å². The molecule has 2 heterocycles. The van der Waals surface area contributed by atoms with Crippen molar-refractivity contribution in [2.45, 2.75) is 20.4 Å². The summed E-state index contributed by atoms with van der Waals surface area (Å²) in [5.41, 5.74) is 0. The quantitative estimate of drug-likeness (QED) is 0.836. The molecule has 2 rings (SSSR count). The molecule has 114 valence electrons. The SMILES string of the molecule is CCNc1nc(N(C)C)nc(N(CC)Cc2ccco2)n1. The third-order valence-corrected chi connectivity index (χ3v) is 2.94. The summed E-state index contributed by atoms with van der Waals surface area (Å²) in [5.74, 6) is 2.75. The van der Waals surface area contributed by atoms with Crippen LogP contribution in [0.4, 0.5) is 17.8 Å². The van der Waals surface area contributed by atoms with Crippen LogP contribution in [0.1, 0.15) is 19.6 Å². The zero-order valence-electron chi connectivity index (χ0n) is 13.0. The van der Waals surface area contributed by atoms with E-state index >= 15 is 0 Å². The summed E-state index contributed by atoms with van der Waals surface area (Å²) >= 11 is 0. The van der Waals surface area contributed by atoms with E-state index in [-0.39, 0.29) is 0 Å². The highest BCUT2D eigenvalue weighted by molar-refractivity contribution is 5.44. The van der Waals surface area contributed by atoms with E-state index in [2.05, 4.69) is 27.2 Å². The van der Waals surface area contributed by atoms with Crippen LogP contribution in [0, 0.1) is 0 Å². The minimum absolute atomic E-state index is 0.587. The fourth-order valence-corrected chi connectivity index (χ4v) is 1.85. The van der Waals surface area contributed by atoms with Crippen LogP contribution in [0.25, 0.3) is 0 Å². The molecule has 0 aliphatic carbocycles. The van der Waals surface area contributed by atoms with Gasteiger partial charge in [-0.15, -0.1) is 0 Å². The van der Waals surface area contributed by atoms with Gasteiger partial charge in [-0.1, -0.05) is 0 Å². The van der Waals surface area contributed by atoms with Gasteiger partial charge in [0.15, 0.2) is 0 Å². The molecule has 2 aromatic heterocycles. The van der Waals surface area contributed by atoms with Gasteiger partial charge in [0.2, 0.25) is 17.8 Å². The van der Waals surface area contributed by atoms with Gasteiger partial charge in [-0.05, 0) is 26.0 Å².